The average Bonchev–Trinajstić information content (AvgIpc) is 2.54. The first kappa shape index (κ1) is 16.2. The van der Waals surface area contributed by atoms with E-state index in [1.807, 2.05) is 19.1 Å². The van der Waals surface area contributed by atoms with Gasteiger partial charge in [0, 0.05) is 18.0 Å². The van der Waals surface area contributed by atoms with Gasteiger partial charge in [-0.15, -0.1) is 0 Å². The Hall–Kier alpha value is -2.21. The lowest BCUT2D eigenvalue weighted by molar-refractivity contribution is 0.266. The van der Waals surface area contributed by atoms with E-state index in [9.17, 15) is 5.11 Å². The van der Waals surface area contributed by atoms with Crippen LogP contribution >= 0.6 is 0 Å². The molecule has 0 aliphatic heterocycles. The lowest BCUT2D eigenvalue weighted by Gasteiger charge is -2.18. The topological polar surface area (TPSA) is 80.2 Å². The van der Waals surface area contributed by atoms with Crippen molar-refractivity contribution in [2.45, 2.75) is 39.3 Å². The summed E-state index contributed by atoms with van der Waals surface area (Å²) < 4.78 is 5.79. The molecule has 0 radical (unpaired) electrons. The highest BCUT2D eigenvalue weighted by Crippen LogP contribution is 2.23. The van der Waals surface area contributed by atoms with E-state index in [2.05, 4.69) is 27.2 Å². The average molecular weight is 302 g/mol. The number of hydrogen-bond acceptors (Lipinski definition) is 6. The maximum absolute atomic E-state index is 9.43. The van der Waals surface area contributed by atoms with Gasteiger partial charge in [-0.25, -0.2) is 9.97 Å². The maximum Gasteiger partial charge on any atom is 0.180 e. The fourth-order valence-corrected chi connectivity index (χ4v) is 2.06. The Labute approximate surface area is 130 Å². The van der Waals surface area contributed by atoms with E-state index in [0.717, 1.165) is 18.4 Å². The van der Waals surface area contributed by atoms with Crippen molar-refractivity contribution in [1.82, 2.24) is 15.0 Å². The van der Waals surface area contributed by atoms with Gasteiger partial charge in [-0.1, -0.05) is 19.4 Å². The van der Waals surface area contributed by atoms with Crippen molar-refractivity contribution < 1.29 is 9.84 Å². The van der Waals surface area contributed by atoms with Crippen LogP contribution in [-0.4, -0.2) is 32.7 Å². The summed E-state index contributed by atoms with van der Waals surface area (Å²) in [6, 6.07) is 3.77. The molecule has 0 aliphatic rings. The molecule has 1 atom stereocenters. The number of aromatic nitrogens is 3. The largest absolute Gasteiger partial charge is 0.483 e. The molecule has 2 N–H and O–H groups in total. The molecule has 0 amide bonds. The number of anilines is 1. The van der Waals surface area contributed by atoms with Gasteiger partial charge in [-0.3, -0.25) is 4.98 Å². The van der Waals surface area contributed by atoms with Crippen molar-refractivity contribution in [2.75, 3.05) is 11.9 Å². The molecule has 0 saturated heterocycles. The number of hydrogen-bond donors (Lipinski definition) is 2. The third kappa shape index (κ3) is 4.66. The van der Waals surface area contributed by atoms with Crippen molar-refractivity contribution in [3.63, 3.8) is 0 Å². The minimum atomic E-state index is -0.0416. The van der Waals surface area contributed by atoms with E-state index in [0.29, 0.717) is 24.0 Å². The van der Waals surface area contributed by atoms with Crippen LogP contribution in [0.25, 0.3) is 0 Å². The molecule has 2 aromatic rings. The SMILES string of the molecule is CCC[C@@H](CO)Nc1nc(C)ncc1OCc1cccnc1. The van der Waals surface area contributed by atoms with Crippen molar-refractivity contribution in [3.05, 3.63) is 42.1 Å². The first-order chi connectivity index (χ1) is 10.7. The summed E-state index contributed by atoms with van der Waals surface area (Å²) in [5.74, 6) is 1.84. The Morgan fingerprint density at radius 1 is 1.36 bits per heavy atom. The van der Waals surface area contributed by atoms with Crippen LogP contribution in [0.2, 0.25) is 0 Å². The Kier molecular flexibility index (Phi) is 6.09. The Bertz CT molecular complexity index is 578. The Morgan fingerprint density at radius 3 is 2.91 bits per heavy atom. The van der Waals surface area contributed by atoms with Crippen LogP contribution in [0, 0.1) is 6.92 Å². The molecule has 118 valence electrons. The van der Waals surface area contributed by atoms with E-state index >= 15 is 0 Å². The van der Waals surface area contributed by atoms with Crippen LogP contribution in [0.15, 0.2) is 30.7 Å². The van der Waals surface area contributed by atoms with Crippen molar-refractivity contribution in [2.24, 2.45) is 0 Å². The van der Waals surface area contributed by atoms with Gasteiger partial charge in [-0.05, 0) is 19.4 Å². The van der Waals surface area contributed by atoms with Gasteiger partial charge >= 0.3 is 0 Å². The number of rotatable bonds is 8. The molecule has 6 nitrogen and oxygen atoms in total. The van der Waals surface area contributed by atoms with Crippen molar-refractivity contribution >= 4 is 5.82 Å². The van der Waals surface area contributed by atoms with Gasteiger partial charge in [0.2, 0.25) is 0 Å². The zero-order chi connectivity index (χ0) is 15.8. The molecule has 0 fully saturated rings. The Balaban J connectivity index is 2.09. The fraction of sp³-hybridized carbons (Fsp3) is 0.438. The molecule has 0 unspecified atom stereocenters. The summed E-state index contributed by atoms with van der Waals surface area (Å²) in [4.78, 5) is 12.6. The van der Waals surface area contributed by atoms with Gasteiger partial charge in [0.15, 0.2) is 11.6 Å². The third-order valence-electron chi connectivity index (χ3n) is 3.19. The first-order valence-corrected chi connectivity index (χ1v) is 7.45. The zero-order valence-corrected chi connectivity index (χ0v) is 13.0. The number of aliphatic hydroxyl groups excluding tert-OH is 1. The lowest BCUT2D eigenvalue weighted by Crippen LogP contribution is -2.24. The van der Waals surface area contributed by atoms with Crippen LogP contribution in [-0.2, 0) is 6.61 Å². The molecule has 2 heterocycles. The fourth-order valence-electron chi connectivity index (χ4n) is 2.06. The third-order valence-corrected chi connectivity index (χ3v) is 3.19. The number of ether oxygens (including phenoxy) is 1. The Morgan fingerprint density at radius 2 is 2.23 bits per heavy atom. The summed E-state index contributed by atoms with van der Waals surface area (Å²) in [5.41, 5.74) is 0.973. The van der Waals surface area contributed by atoms with E-state index in [1.54, 1.807) is 18.6 Å². The summed E-state index contributed by atoms with van der Waals surface area (Å²) in [7, 11) is 0. The first-order valence-electron chi connectivity index (χ1n) is 7.45. The van der Waals surface area contributed by atoms with Crippen molar-refractivity contribution in [3.8, 4) is 5.75 Å². The highest BCUT2D eigenvalue weighted by molar-refractivity contribution is 5.49. The smallest absolute Gasteiger partial charge is 0.180 e. The van der Waals surface area contributed by atoms with Crippen molar-refractivity contribution in [1.29, 1.82) is 0 Å². The van der Waals surface area contributed by atoms with Gasteiger partial charge in [-0.2, -0.15) is 0 Å². The van der Waals surface area contributed by atoms with Crippen LogP contribution in [0.4, 0.5) is 5.82 Å². The van der Waals surface area contributed by atoms with Gasteiger partial charge < -0.3 is 15.2 Å². The molecule has 0 aliphatic carbocycles. The zero-order valence-electron chi connectivity index (χ0n) is 13.0. The van der Waals surface area contributed by atoms with Crippen LogP contribution < -0.4 is 10.1 Å². The van der Waals surface area contributed by atoms with Gasteiger partial charge in [0.1, 0.15) is 12.4 Å². The second-order valence-electron chi connectivity index (χ2n) is 5.09. The standard InChI is InChI=1S/C16H22N4O2/c1-3-5-14(10-21)20-16-15(9-18-12(2)19-16)22-11-13-6-4-7-17-8-13/h4,6-9,14,21H,3,5,10-11H2,1-2H3,(H,18,19,20)/t14-/m0/s1. The summed E-state index contributed by atoms with van der Waals surface area (Å²) in [5, 5.41) is 12.7. The highest BCUT2D eigenvalue weighted by atomic mass is 16.5. The van der Waals surface area contributed by atoms with Crippen LogP contribution in [0.1, 0.15) is 31.2 Å². The number of aliphatic hydroxyl groups is 1. The summed E-state index contributed by atoms with van der Waals surface area (Å²) >= 11 is 0. The minimum absolute atomic E-state index is 0.0416. The normalized spacial score (nSPS) is 12.0. The number of nitrogens with zero attached hydrogens (tertiary/aromatic N) is 3. The van der Waals surface area contributed by atoms with E-state index in [4.69, 9.17) is 4.74 Å². The predicted octanol–water partition coefficient (Wildman–Crippen LogP) is 2.33. The second kappa shape index (κ2) is 8.29. The summed E-state index contributed by atoms with van der Waals surface area (Å²) in [6.07, 6.45) is 6.98. The molecule has 0 bridgehead atoms. The maximum atomic E-state index is 9.43. The molecule has 22 heavy (non-hydrogen) atoms. The van der Waals surface area contributed by atoms with Crippen LogP contribution in [0.5, 0.6) is 5.75 Å². The molecule has 2 aromatic heterocycles. The van der Waals surface area contributed by atoms with E-state index in [1.165, 1.54) is 0 Å². The predicted molar refractivity (Wildman–Crippen MR) is 84.7 cm³/mol. The van der Waals surface area contributed by atoms with Gasteiger partial charge in [0.25, 0.3) is 0 Å². The quantitative estimate of drug-likeness (QED) is 0.779. The van der Waals surface area contributed by atoms with Crippen LogP contribution in [0.3, 0.4) is 0 Å². The number of nitrogens with one attached hydrogen (secondary N) is 1. The molecule has 0 spiro atoms. The molecule has 0 aromatic carbocycles. The molecular formula is C16H22N4O2. The second-order valence-corrected chi connectivity index (χ2v) is 5.09. The highest BCUT2D eigenvalue weighted by Gasteiger charge is 2.12. The van der Waals surface area contributed by atoms with E-state index in [-0.39, 0.29) is 12.6 Å². The van der Waals surface area contributed by atoms with E-state index < -0.39 is 0 Å². The molecule has 0 saturated carbocycles. The minimum Gasteiger partial charge on any atom is -0.483 e. The lowest BCUT2D eigenvalue weighted by atomic mass is 10.2. The molecule has 2 rings (SSSR count). The summed E-state index contributed by atoms with van der Waals surface area (Å²) in [6.45, 7) is 4.35. The number of pyridine rings is 1. The molecule has 6 heteroatoms. The van der Waals surface area contributed by atoms with Gasteiger partial charge in [0.05, 0.1) is 18.8 Å². The monoisotopic (exact) mass is 302 g/mol. The number of aryl methyl sites for hydroxylation is 1. The molecular weight excluding hydrogens is 280 g/mol.